The van der Waals surface area contributed by atoms with Crippen LogP contribution >= 0.6 is 23.5 Å². The highest BCUT2D eigenvalue weighted by Crippen LogP contribution is 2.49. The molecule has 29 heavy (non-hydrogen) atoms. The predicted octanol–water partition coefficient (Wildman–Crippen LogP) is 3.84. The van der Waals surface area contributed by atoms with E-state index in [4.69, 9.17) is 15.0 Å². The molecule has 3 rings (SSSR count). The number of hydrogen-bond acceptors (Lipinski definition) is 6. The van der Waals surface area contributed by atoms with Gasteiger partial charge in [0.05, 0.1) is 6.34 Å². The molecule has 1 aromatic heterocycles. The average molecular weight is 430 g/mol. The van der Waals surface area contributed by atoms with Gasteiger partial charge in [-0.1, -0.05) is 42.1 Å². The van der Waals surface area contributed by atoms with E-state index in [1.807, 2.05) is 74.3 Å². The van der Waals surface area contributed by atoms with Crippen LogP contribution in [0.15, 0.2) is 45.4 Å². The fourth-order valence-corrected chi connectivity index (χ4v) is 5.23. The molecular formula is C21H27N5OS2. The molecule has 2 atom stereocenters. The van der Waals surface area contributed by atoms with Crippen LogP contribution in [-0.2, 0) is 4.79 Å². The molecule has 0 spiro atoms. The SMILES string of the molecule is CCN(CC)C(=O)C1Sc2nc(-c3ccccc3)nc(SC)c2C1N=CN(C)C. The van der Waals surface area contributed by atoms with Gasteiger partial charge in [-0.05, 0) is 20.1 Å². The van der Waals surface area contributed by atoms with E-state index in [-0.39, 0.29) is 17.2 Å². The minimum Gasteiger partial charge on any atom is -0.369 e. The Bertz CT molecular complexity index is 884. The van der Waals surface area contributed by atoms with Crippen LogP contribution in [0.1, 0.15) is 25.5 Å². The van der Waals surface area contributed by atoms with Gasteiger partial charge in [0.2, 0.25) is 5.91 Å². The van der Waals surface area contributed by atoms with Gasteiger partial charge in [0.25, 0.3) is 0 Å². The lowest BCUT2D eigenvalue weighted by atomic mass is 10.1. The number of fused-ring (bicyclic) bond motifs is 1. The number of aromatic nitrogens is 2. The first-order valence-electron chi connectivity index (χ1n) is 9.66. The van der Waals surface area contributed by atoms with Crippen LogP contribution in [0.5, 0.6) is 0 Å². The zero-order valence-corrected chi connectivity index (χ0v) is 19.1. The summed E-state index contributed by atoms with van der Waals surface area (Å²) in [5, 5.41) is 1.42. The predicted molar refractivity (Wildman–Crippen MR) is 122 cm³/mol. The molecule has 0 fully saturated rings. The van der Waals surface area contributed by atoms with Crippen molar-refractivity contribution in [2.45, 2.75) is 35.2 Å². The largest absolute Gasteiger partial charge is 0.369 e. The maximum atomic E-state index is 13.2. The van der Waals surface area contributed by atoms with Gasteiger partial charge < -0.3 is 9.80 Å². The Kier molecular flexibility index (Phi) is 7.18. The Labute approximate surface area is 181 Å². The minimum atomic E-state index is -0.327. The summed E-state index contributed by atoms with van der Waals surface area (Å²) >= 11 is 3.09. The summed E-state index contributed by atoms with van der Waals surface area (Å²) in [7, 11) is 3.86. The lowest BCUT2D eigenvalue weighted by molar-refractivity contribution is -0.130. The van der Waals surface area contributed by atoms with Crippen LogP contribution in [-0.4, -0.2) is 70.7 Å². The van der Waals surface area contributed by atoms with E-state index in [1.54, 1.807) is 18.1 Å². The first-order valence-corrected chi connectivity index (χ1v) is 11.8. The van der Waals surface area contributed by atoms with Crippen LogP contribution in [0, 0.1) is 0 Å². The molecule has 0 saturated heterocycles. The van der Waals surface area contributed by atoms with Gasteiger partial charge in [0.15, 0.2) is 5.82 Å². The second kappa shape index (κ2) is 9.63. The monoisotopic (exact) mass is 429 g/mol. The highest BCUT2D eigenvalue weighted by molar-refractivity contribution is 8.01. The van der Waals surface area contributed by atoms with E-state index in [0.29, 0.717) is 18.9 Å². The topological polar surface area (TPSA) is 61.7 Å². The molecule has 2 heterocycles. The highest BCUT2D eigenvalue weighted by atomic mass is 32.2. The van der Waals surface area contributed by atoms with Crippen molar-refractivity contribution in [3.8, 4) is 11.4 Å². The number of aliphatic imine (C=N–C) groups is 1. The second-order valence-corrected chi connectivity index (χ2v) is 8.79. The number of carbonyl (C=O) groups excluding carboxylic acids is 1. The normalized spacial score (nSPS) is 18.1. The second-order valence-electron chi connectivity index (χ2n) is 6.86. The van der Waals surface area contributed by atoms with E-state index >= 15 is 0 Å². The molecule has 1 aliphatic rings. The Hall–Kier alpha value is -2.06. The van der Waals surface area contributed by atoms with Gasteiger partial charge in [-0.3, -0.25) is 9.79 Å². The van der Waals surface area contributed by atoms with E-state index in [0.717, 1.165) is 21.2 Å². The first kappa shape index (κ1) is 21.6. The summed E-state index contributed by atoms with van der Waals surface area (Å²) in [4.78, 5) is 31.4. The van der Waals surface area contributed by atoms with Crippen LogP contribution < -0.4 is 0 Å². The van der Waals surface area contributed by atoms with Crippen molar-refractivity contribution in [3.05, 3.63) is 35.9 Å². The van der Waals surface area contributed by atoms with Crippen molar-refractivity contribution in [2.75, 3.05) is 33.4 Å². The van der Waals surface area contributed by atoms with Crippen molar-refractivity contribution >= 4 is 35.8 Å². The summed E-state index contributed by atoms with van der Waals surface area (Å²) in [5.41, 5.74) is 1.93. The number of thioether (sulfide) groups is 2. The third-order valence-corrected chi connectivity index (χ3v) is 6.64. The lowest BCUT2D eigenvalue weighted by Gasteiger charge is -2.24. The summed E-state index contributed by atoms with van der Waals surface area (Å²) in [5.74, 6) is 0.791. The molecule has 1 aliphatic heterocycles. The van der Waals surface area contributed by atoms with Gasteiger partial charge in [-0.25, -0.2) is 9.97 Å². The van der Waals surface area contributed by atoms with Crippen molar-refractivity contribution < 1.29 is 4.79 Å². The molecule has 6 nitrogen and oxygen atoms in total. The summed E-state index contributed by atoms with van der Waals surface area (Å²) < 4.78 is 0. The van der Waals surface area contributed by atoms with Crippen LogP contribution in [0.4, 0.5) is 0 Å². The molecule has 0 bridgehead atoms. The quantitative estimate of drug-likeness (QED) is 0.288. The summed E-state index contributed by atoms with van der Waals surface area (Å²) in [6.07, 6.45) is 3.78. The Morgan fingerprint density at radius 3 is 2.48 bits per heavy atom. The van der Waals surface area contributed by atoms with Crippen molar-refractivity contribution in [1.29, 1.82) is 0 Å². The molecule has 2 unspecified atom stereocenters. The molecule has 0 saturated carbocycles. The summed E-state index contributed by atoms with van der Waals surface area (Å²) in [6, 6.07) is 9.66. The van der Waals surface area contributed by atoms with E-state index in [2.05, 4.69) is 0 Å². The molecule has 0 radical (unpaired) electrons. The average Bonchev–Trinajstić information content (AvgIpc) is 3.11. The number of carbonyl (C=O) groups is 1. The molecule has 0 aliphatic carbocycles. The van der Waals surface area contributed by atoms with Gasteiger partial charge in [0, 0.05) is 38.3 Å². The zero-order chi connectivity index (χ0) is 21.0. The maximum absolute atomic E-state index is 13.2. The minimum absolute atomic E-state index is 0.104. The van der Waals surface area contributed by atoms with Crippen molar-refractivity contribution in [2.24, 2.45) is 4.99 Å². The van der Waals surface area contributed by atoms with Crippen LogP contribution in [0.25, 0.3) is 11.4 Å². The van der Waals surface area contributed by atoms with Gasteiger partial charge in [-0.15, -0.1) is 11.8 Å². The van der Waals surface area contributed by atoms with Crippen LogP contribution in [0.3, 0.4) is 0 Å². The fourth-order valence-electron chi connectivity index (χ4n) is 3.24. The fraction of sp³-hybridized carbons (Fsp3) is 0.429. The van der Waals surface area contributed by atoms with Gasteiger partial charge >= 0.3 is 0 Å². The molecule has 1 aromatic carbocycles. The molecule has 1 amide bonds. The Balaban J connectivity index is 2.09. The molecule has 0 N–H and O–H groups in total. The number of amides is 1. The highest BCUT2D eigenvalue weighted by Gasteiger charge is 2.43. The van der Waals surface area contributed by atoms with E-state index < -0.39 is 0 Å². The Morgan fingerprint density at radius 1 is 1.21 bits per heavy atom. The van der Waals surface area contributed by atoms with Gasteiger partial charge in [-0.2, -0.15) is 0 Å². The zero-order valence-electron chi connectivity index (χ0n) is 17.5. The summed E-state index contributed by atoms with van der Waals surface area (Å²) in [6.45, 7) is 5.38. The number of rotatable bonds is 7. The van der Waals surface area contributed by atoms with Crippen molar-refractivity contribution in [3.63, 3.8) is 0 Å². The number of hydrogen-bond donors (Lipinski definition) is 0. The third kappa shape index (κ3) is 4.59. The molecule has 2 aromatic rings. The number of benzene rings is 1. The van der Waals surface area contributed by atoms with Gasteiger partial charge in [0.1, 0.15) is 21.3 Å². The standard InChI is InChI=1S/C21H27N5OS2/c1-6-26(7-2)21(27)17-16(22-13-25(3)4)15-19(28-5)23-18(24-20(15)29-17)14-11-9-8-10-12-14/h8-13,16-17H,6-7H2,1-5H3. The lowest BCUT2D eigenvalue weighted by Crippen LogP contribution is -2.38. The van der Waals surface area contributed by atoms with E-state index in [9.17, 15) is 4.79 Å². The first-order chi connectivity index (χ1) is 14.0. The van der Waals surface area contributed by atoms with Crippen LogP contribution in [0.2, 0.25) is 0 Å². The number of nitrogens with zero attached hydrogens (tertiary/aromatic N) is 5. The Morgan fingerprint density at radius 2 is 1.90 bits per heavy atom. The maximum Gasteiger partial charge on any atom is 0.238 e. The van der Waals surface area contributed by atoms with E-state index in [1.165, 1.54) is 11.8 Å². The van der Waals surface area contributed by atoms with Crippen molar-refractivity contribution in [1.82, 2.24) is 19.8 Å². The molecule has 8 heteroatoms. The smallest absolute Gasteiger partial charge is 0.238 e. The third-order valence-electron chi connectivity index (χ3n) is 4.70. The molecular weight excluding hydrogens is 402 g/mol. The molecule has 154 valence electrons.